The SMILES string of the molecule is Cc1ccccc1-c1nn2c(=O)cc(CN3CCN(C(=O)C45CC6CC(CC(C6)C4)C5)CC3)nc2s1. The number of hydrogen-bond acceptors (Lipinski definition) is 6. The minimum absolute atomic E-state index is 0.0564. The van der Waals surface area contributed by atoms with Gasteiger partial charge in [0.1, 0.15) is 5.01 Å². The van der Waals surface area contributed by atoms with Crippen molar-refractivity contribution in [1.82, 2.24) is 24.4 Å². The minimum atomic E-state index is -0.137. The van der Waals surface area contributed by atoms with E-state index < -0.39 is 0 Å². The largest absolute Gasteiger partial charge is 0.340 e. The van der Waals surface area contributed by atoms with Crippen LogP contribution in [0.15, 0.2) is 35.1 Å². The summed E-state index contributed by atoms with van der Waals surface area (Å²) in [4.78, 5) is 36.4. The quantitative estimate of drug-likeness (QED) is 0.539. The molecule has 0 N–H and O–H groups in total. The first-order chi connectivity index (χ1) is 17.5. The monoisotopic (exact) mass is 503 g/mol. The Hall–Kier alpha value is -2.58. The molecule has 0 spiro atoms. The van der Waals surface area contributed by atoms with E-state index in [1.807, 2.05) is 18.2 Å². The van der Waals surface area contributed by atoms with Gasteiger partial charge < -0.3 is 4.90 Å². The topological polar surface area (TPSA) is 70.8 Å². The third-order valence-electron chi connectivity index (χ3n) is 9.21. The number of aromatic nitrogens is 3. The molecule has 0 atom stereocenters. The van der Waals surface area contributed by atoms with Gasteiger partial charge in [-0.1, -0.05) is 35.6 Å². The molecule has 188 valence electrons. The van der Waals surface area contributed by atoms with Crippen LogP contribution in [0.2, 0.25) is 0 Å². The minimum Gasteiger partial charge on any atom is -0.340 e. The standard InChI is InChI=1S/C28H33N5O2S/c1-18-4-2-3-5-23(18)25-30-33-24(34)13-22(29-27(33)36-25)17-31-6-8-32(9-7-31)26(35)28-14-19-10-20(15-28)12-21(11-19)16-28/h2-5,13,19-21H,6-12,14-17H2,1H3. The van der Waals surface area contributed by atoms with Crippen molar-refractivity contribution in [3.05, 3.63) is 51.9 Å². The first kappa shape index (κ1) is 22.6. The molecular weight excluding hydrogens is 470 g/mol. The summed E-state index contributed by atoms with van der Waals surface area (Å²) in [6, 6.07) is 9.69. The Morgan fingerprint density at radius 1 is 1.03 bits per heavy atom. The van der Waals surface area contributed by atoms with E-state index in [0.717, 1.165) is 85.0 Å². The van der Waals surface area contributed by atoms with Crippen LogP contribution in [0.3, 0.4) is 0 Å². The van der Waals surface area contributed by atoms with Crippen molar-refractivity contribution in [1.29, 1.82) is 0 Å². The van der Waals surface area contributed by atoms with Crippen molar-refractivity contribution >= 4 is 22.2 Å². The van der Waals surface area contributed by atoms with Crippen molar-refractivity contribution in [2.45, 2.75) is 52.0 Å². The number of fused-ring (bicyclic) bond motifs is 1. The van der Waals surface area contributed by atoms with E-state index in [9.17, 15) is 9.59 Å². The summed E-state index contributed by atoms with van der Waals surface area (Å²) in [5, 5.41) is 5.35. The van der Waals surface area contributed by atoms with Gasteiger partial charge >= 0.3 is 0 Å². The predicted molar refractivity (Wildman–Crippen MR) is 140 cm³/mol. The number of hydrogen-bond donors (Lipinski definition) is 0. The number of rotatable bonds is 4. The van der Waals surface area contributed by atoms with E-state index in [1.54, 1.807) is 6.07 Å². The van der Waals surface area contributed by atoms with Gasteiger partial charge in [-0.05, 0) is 68.8 Å². The Morgan fingerprint density at radius 3 is 2.36 bits per heavy atom. The normalized spacial score (nSPS) is 29.8. The van der Waals surface area contributed by atoms with Crippen LogP contribution in [0, 0.1) is 30.1 Å². The van der Waals surface area contributed by atoms with E-state index in [0.29, 0.717) is 17.4 Å². The van der Waals surface area contributed by atoms with Crippen molar-refractivity contribution in [2.24, 2.45) is 23.2 Å². The highest BCUT2D eigenvalue weighted by molar-refractivity contribution is 7.19. The Bertz CT molecular complexity index is 1350. The zero-order chi connectivity index (χ0) is 24.4. The van der Waals surface area contributed by atoms with E-state index in [-0.39, 0.29) is 11.0 Å². The van der Waals surface area contributed by atoms with Gasteiger partial charge in [-0.2, -0.15) is 9.61 Å². The summed E-state index contributed by atoms with van der Waals surface area (Å²) in [6.45, 7) is 5.89. The summed E-state index contributed by atoms with van der Waals surface area (Å²) in [5.41, 5.74) is 2.75. The molecule has 1 aromatic carbocycles. The molecule has 7 nitrogen and oxygen atoms in total. The van der Waals surface area contributed by atoms with Gasteiger partial charge in [0.2, 0.25) is 10.9 Å². The van der Waals surface area contributed by atoms with Crippen LogP contribution >= 0.6 is 11.3 Å². The molecule has 2 aromatic heterocycles. The van der Waals surface area contributed by atoms with Gasteiger partial charge in [0.15, 0.2) is 0 Å². The highest BCUT2D eigenvalue weighted by atomic mass is 32.1. The number of amides is 1. The molecule has 5 fully saturated rings. The van der Waals surface area contributed by atoms with E-state index in [1.165, 1.54) is 35.1 Å². The fourth-order valence-corrected chi connectivity index (χ4v) is 8.92. The van der Waals surface area contributed by atoms with Gasteiger partial charge in [-0.25, -0.2) is 4.98 Å². The zero-order valence-electron chi connectivity index (χ0n) is 20.9. The van der Waals surface area contributed by atoms with Crippen LogP contribution in [0.1, 0.15) is 49.8 Å². The molecule has 8 rings (SSSR count). The van der Waals surface area contributed by atoms with E-state index >= 15 is 0 Å². The van der Waals surface area contributed by atoms with E-state index in [2.05, 4.69) is 27.9 Å². The van der Waals surface area contributed by atoms with E-state index in [4.69, 9.17) is 4.98 Å². The van der Waals surface area contributed by atoms with Crippen LogP contribution in [0.4, 0.5) is 0 Å². The van der Waals surface area contributed by atoms with Crippen LogP contribution < -0.4 is 5.56 Å². The molecule has 3 heterocycles. The first-order valence-electron chi connectivity index (χ1n) is 13.4. The second kappa shape index (κ2) is 8.48. The highest BCUT2D eigenvalue weighted by Crippen LogP contribution is 2.60. The summed E-state index contributed by atoms with van der Waals surface area (Å²) < 4.78 is 1.41. The Kier molecular flexibility index (Phi) is 5.33. The molecule has 5 aliphatic rings. The molecule has 4 bridgehead atoms. The lowest BCUT2D eigenvalue weighted by Crippen LogP contribution is -2.58. The molecule has 4 saturated carbocycles. The maximum Gasteiger partial charge on any atom is 0.275 e. The fraction of sp³-hybridized carbons (Fsp3) is 0.571. The van der Waals surface area contributed by atoms with Crippen LogP contribution in [-0.2, 0) is 11.3 Å². The van der Waals surface area contributed by atoms with Crippen molar-refractivity contribution in [3.63, 3.8) is 0 Å². The summed E-state index contributed by atoms with van der Waals surface area (Å²) in [5.74, 6) is 2.81. The molecule has 3 aromatic rings. The molecule has 8 heteroatoms. The number of nitrogens with zero attached hydrogens (tertiary/aromatic N) is 5. The van der Waals surface area contributed by atoms with Crippen LogP contribution in [0.5, 0.6) is 0 Å². The molecular formula is C28H33N5O2S. The van der Waals surface area contributed by atoms with Gasteiger partial charge in [0, 0.05) is 44.4 Å². The second-order valence-electron chi connectivity index (χ2n) is 11.8. The van der Waals surface area contributed by atoms with Gasteiger partial charge in [-0.3, -0.25) is 14.5 Å². The lowest BCUT2D eigenvalue weighted by molar-refractivity contribution is -0.159. The smallest absolute Gasteiger partial charge is 0.275 e. The Morgan fingerprint density at radius 2 is 1.69 bits per heavy atom. The van der Waals surface area contributed by atoms with Gasteiger partial charge in [0.05, 0.1) is 11.1 Å². The maximum absolute atomic E-state index is 13.7. The third-order valence-corrected chi connectivity index (χ3v) is 10.2. The molecule has 0 radical (unpaired) electrons. The van der Waals surface area contributed by atoms with Gasteiger partial charge in [-0.15, -0.1) is 0 Å². The average Bonchev–Trinajstić information content (AvgIpc) is 3.28. The highest BCUT2D eigenvalue weighted by Gasteiger charge is 2.55. The summed E-state index contributed by atoms with van der Waals surface area (Å²) >= 11 is 1.46. The Balaban J connectivity index is 1.03. The lowest BCUT2D eigenvalue weighted by Gasteiger charge is -2.57. The number of aryl methyl sites for hydroxylation is 1. The molecule has 36 heavy (non-hydrogen) atoms. The lowest BCUT2D eigenvalue weighted by atomic mass is 9.49. The van der Waals surface area contributed by atoms with Crippen LogP contribution in [-0.4, -0.2) is 56.5 Å². The fourth-order valence-electron chi connectivity index (χ4n) is 7.91. The summed E-state index contributed by atoms with van der Waals surface area (Å²) in [6.07, 6.45) is 7.49. The molecule has 1 aliphatic heterocycles. The van der Waals surface area contributed by atoms with Crippen molar-refractivity contribution < 1.29 is 4.79 Å². The zero-order valence-corrected chi connectivity index (χ0v) is 21.7. The van der Waals surface area contributed by atoms with Crippen molar-refractivity contribution in [3.8, 4) is 10.6 Å². The van der Waals surface area contributed by atoms with Crippen molar-refractivity contribution in [2.75, 3.05) is 26.2 Å². The predicted octanol–water partition coefficient (Wildman–Crippen LogP) is 3.99. The Labute approximate surface area is 215 Å². The number of carbonyl (C=O) groups excluding carboxylic acids is 1. The molecule has 0 unspecified atom stereocenters. The molecule has 1 amide bonds. The number of piperazine rings is 1. The third kappa shape index (κ3) is 3.80. The second-order valence-corrected chi connectivity index (χ2v) is 12.7. The maximum atomic E-state index is 13.7. The number of carbonyl (C=O) groups is 1. The average molecular weight is 504 g/mol. The number of benzene rings is 1. The first-order valence-corrected chi connectivity index (χ1v) is 14.2. The molecule has 1 saturated heterocycles. The summed E-state index contributed by atoms with van der Waals surface area (Å²) in [7, 11) is 0. The molecule has 4 aliphatic carbocycles. The van der Waals surface area contributed by atoms with Crippen LogP contribution in [0.25, 0.3) is 15.5 Å². The van der Waals surface area contributed by atoms with Gasteiger partial charge in [0.25, 0.3) is 5.56 Å².